The molecule has 98 valence electrons. The first-order valence-corrected chi connectivity index (χ1v) is 3.63. The van der Waals surface area contributed by atoms with E-state index in [0.29, 0.717) is 12.1 Å². The van der Waals surface area contributed by atoms with Crippen molar-refractivity contribution in [1.29, 1.82) is 0 Å². The van der Waals surface area contributed by atoms with Gasteiger partial charge in [0.05, 0.1) is 32.7 Å². The minimum absolute atomic E-state index is 0. The van der Waals surface area contributed by atoms with Crippen molar-refractivity contribution in [1.82, 2.24) is 0 Å². The van der Waals surface area contributed by atoms with Crippen molar-refractivity contribution in [2.45, 2.75) is 0 Å². The van der Waals surface area contributed by atoms with Crippen LogP contribution in [0.2, 0.25) is 0 Å². The van der Waals surface area contributed by atoms with E-state index >= 15 is 0 Å². The molecule has 0 spiro atoms. The molecule has 0 saturated carbocycles. The van der Waals surface area contributed by atoms with Crippen LogP contribution in [-0.4, -0.2) is 20.2 Å². The molecule has 0 aliphatic heterocycles. The maximum atomic E-state index is 11.1. The van der Waals surface area contributed by atoms with Crippen molar-refractivity contribution in [2.24, 2.45) is 0 Å². The SMILES string of the molecule is O.O=[N+]([O-])c1cc([N+](=O)[O-])c([O-])c([N+](=O)[O-])c1.[Fe+2]. The van der Waals surface area contributed by atoms with Gasteiger partial charge in [-0.3, -0.25) is 30.3 Å². The second kappa shape index (κ2) is 6.44. The molecule has 1 rings (SSSR count). The quantitative estimate of drug-likeness (QED) is 0.415. The summed E-state index contributed by atoms with van der Waals surface area (Å²) in [7, 11) is 0. The molecule has 0 atom stereocenters. The molecule has 1 aromatic carbocycles. The van der Waals surface area contributed by atoms with E-state index in [0.717, 1.165) is 0 Å². The van der Waals surface area contributed by atoms with E-state index in [2.05, 4.69) is 0 Å². The van der Waals surface area contributed by atoms with Gasteiger partial charge in [-0.1, -0.05) is 0 Å². The van der Waals surface area contributed by atoms with Crippen molar-refractivity contribution >= 4 is 17.1 Å². The van der Waals surface area contributed by atoms with Crippen molar-refractivity contribution in [3.05, 3.63) is 42.5 Å². The Hall–Kier alpha value is -2.30. The number of nitrogens with zero attached hydrogens (tertiary/aromatic N) is 3. The number of benzene rings is 1. The minimum atomic E-state index is -1.46. The molecule has 18 heavy (non-hydrogen) atoms. The van der Waals surface area contributed by atoms with E-state index in [1.807, 2.05) is 0 Å². The van der Waals surface area contributed by atoms with Crippen molar-refractivity contribution < 1.29 is 42.4 Å². The van der Waals surface area contributed by atoms with Crippen molar-refractivity contribution in [3.8, 4) is 5.75 Å². The zero-order valence-electron chi connectivity index (χ0n) is 8.21. The van der Waals surface area contributed by atoms with E-state index in [1.54, 1.807) is 0 Å². The van der Waals surface area contributed by atoms with Gasteiger partial charge in [0.15, 0.2) is 0 Å². The normalized spacial score (nSPS) is 8.67. The number of rotatable bonds is 3. The average Bonchev–Trinajstić information content (AvgIpc) is 2.16. The molecule has 0 aliphatic rings. The summed E-state index contributed by atoms with van der Waals surface area (Å²) >= 11 is 0. The van der Waals surface area contributed by atoms with Gasteiger partial charge < -0.3 is 10.6 Å². The monoisotopic (exact) mass is 302 g/mol. The molecule has 0 amide bonds. The maximum Gasteiger partial charge on any atom is 2.00 e. The van der Waals surface area contributed by atoms with Crippen molar-refractivity contribution in [3.63, 3.8) is 0 Å². The van der Waals surface area contributed by atoms with Gasteiger partial charge in [0.2, 0.25) is 0 Å². The van der Waals surface area contributed by atoms with E-state index in [9.17, 15) is 35.4 Å². The van der Waals surface area contributed by atoms with Crippen LogP contribution in [0.4, 0.5) is 17.1 Å². The summed E-state index contributed by atoms with van der Waals surface area (Å²) in [6, 6.07) is 0.769. The van der Waals surface area contributed by atoms with E-state index in [-0.39, 0.29) is 22.5 Å². The van der Waals surface area contributed by atoms with Crippen LogP contribution in [-0.2, 0) is 17.1 Å². The third-order valence-corrected chi connectivity index (χ3v) is 1.64. The summed E-state index contributed by atoms with van der Waals surface area (Å²) in [6.45, 7) is 0. The maximum absolute atomic E-state index is 11.1. The fourth-order valence-electron chi connectivity index (χ4n) is 0.961. The number of nitro benzene ring substituents is 3. The minimum Gasteiger partial charge on any atom is -0.863 e. The van der Waals surface area contributed by atoms with E-state index in [4.69, 9.17) is 0 Å². The summed E-state index contributed by atoms with van der Waals surface area (Å²) in [6.07, 6.45) is 0. The third-order valence-electron chi connectivity index (χ3n) is 1.64. The van der Waals surface area contributed by atoms with Crippen molar-refractivity contribution in [2.75, 3.05) is 0 Å². The molecule has 0 aliphatic carbocycles. The van der Waals surface area contributed by atoms with Gasteiger partial charge >= 0.3 is 17.1 Å². The smallest absolute Gasteiger partial charge is 0.863 e. The first-order valence-electron chi connectivity index (χ1n) is 3.63. The van der Waals surface area contributed by atoms with Gasteiger partial charge in [-0.05, 0) is 0 Å². The van der Waals surface area contributed by atoms with Gasteiger partial charge in [0, 0.05) is 0 Å². The summed E-state index contributed by atoms with van der Waals surface area (Å²) in [5, 5.41) is 42.1. The van der Waals surface area contributed by atoms with E-state index in [1.165, 1.54) is 0 Å². The second-order valence-electron chi connectivity index (χ2n) is 2.58. The van der Waals surface area contributed by atoms with Gasteiger partial charge in [0.1, 0.15) is 0 Å². The molecule has 0 unspecified atom stereocenters. The first kappa shape index (κ1) is 18.1. The molecule has 0 saturated heterocycles. The van der Waals surface area contributed by atoms with Crippen LogP contribution in [0, 0.1) is 30.3 Å². The molecule has 1 aromatic rings. The summed E-state index contributed by atoms with van der Waals surface area (Å²) < 4.78 is 0. The fourth-order valence-corrected chi connectivity index (χ4v) is 0.961. The number of hydrogen-bond acceptors (Lipinski definition) is 7. The Kier molecular flexibility index (Phi) is 6.47. The molecule has 0 aromatic heterocycles. The van der Waals surface area contributed by atoms with Crippen LogP contribution in [0.15, 0.2) is 12.1 Å². The Morgan fingerprint density at radius 3 is 1.39 bits per heavy atom. The number of nitro groups is 3. The summed E-state index contributed by atoms with van der Waals surface area (Å²) in [5.74, 6) is -1.46. The van der Waals surface area contributed by atoms with Gasteiger partial charge in [-0.25, -0.2) is 0 Å². The van der Waals surface area contributed by atoms with Gasteiger partial charge in [-0.2, -0.15) is 0 Å². The Morgan fingerprint density at radius 1 is 0.833 bits per heavy atom. The molecule has 0 heterocycles. The Bertz CT molecular complexity index is 469. The number of hydrogen-bond donors (Lipinski definition) is 0. The van der Waals surface area contributed by atoms with Crippen LogP contribution >= 0.6 is 0 Å². The Balaban J connectivity index is 0. The zero-order valence-corrected chi connectivity index (χ0v) is 9.31. The molecule has 0 radical (unpaired) electrons. The third kappa shape index (κ3) is 3.35. The first-order chi connectivity index (χ1) is 7.34. The van der Waals surface area contributed by atoms with Crippen LogP contribution in [0.3, 0.4) is 0 Å². The summed E-state index contributed by atoms with van der Waals surface area (Å²) in [4.78, 5) is 27.5. The molecule has 2 N–H and O–H groups in total. The standard InChI is InChI=1S/C6H3N3O7.Fe.H2O/c10-6-4(8(13)14)1-3(7(11)12)2-5(6)9(15)16;;/h1-2,10H;;1H2/q;+2;/p-1. The molecule has 12 heteroatoms. The molecule has 0 bridgehead atoms. The predicted octanol–water partition coefficient (Wildman–Crippen LogP) is -0.342. The van der Waals surface area contributed by atoms with Gasteiger partial charge in [-0.15, -0.1) is 0 Å². The van der Waals surface area contributed by atoms with Crippen LogP contribution in [0.5, 0.6) is 5.75 Å². The summed E-state index contributed by atoms with van der Waals surface area (Å²) in [5.41, 5.74) is -3.26. The largest absolute Gasteiger partial charge is 2.00 e. The Labute approximate surface area is 108 Å². The van der Waals surface area contributed by atoms with Crippen LogP contribution in [0.25, 0.3) is 0 Å². The Morgan fingerprint density at radius 2 is 1.17 bits per heavy atom. The molecular weight excluding hydrogens is 298 g/mol. The van der Waals surface area contributed by atoms with Crippen LogP contribution < -0.4 is 5.11 Å². The predicted molar refractivity (Wildman–Crippen MR) is 49.5 cm³/mol. The molecule has 11 nitrogen and oxygen atoms in total. The molecule has 0 fully saturated rings. The number of non-ortho nitro benzene ring substituents is 1. The average molecular weight is 302 g/mol. The van der Waals surface area contributed by atoms with E-state index < -0.39 is 37.6 Å². The second-order valence-corrected chi connectivity index (χ2v) is 2.58. The van der Waals surface area contributed by atoms with Gasteiger partial charge in [0.25, 0.3) is 17.1 Å². The zero-order chi connectivity index (χ0) is 12.5. The fraction of sp³-hybridized carbons (Fsp3) is 0. The topological polar surface area (TPSA) is 184 Å². The molecular formula is C6H4FeN3O8+. The van der Waals surface area contributed by atoms with Crippen LogP contribution in [0.1, 0.15) is 0 Å².